The molecule has 0 saturated carbocycles. The minimum Gasteiger partial charge on any atom is -0.381 e. The van der Waals surface area contributed by atoms with E-state index >= 15 is 0 Å². The van der Waals surface area contributed by atoms with Gasteiger partial charge in [0.2, 0.25) is 5.91 Å². The molecule has 0 aliphatic heterocycles. The summed E-state index contributed by atoms with van der Waals surface area (Å²) in [6.45, 7) is 8.47. The molecule has 0 saturated heterocycles. The van der Waals surface area contributed by atoms with Crippen LogP contribution in [0.15, 0.2) is 24.3 Å². The molecule has 0 unspecified atom stereocenters. The van der Waals surface area contributed by atoms with Gasteiger partial charge in [-0.25, -0.2) is 0 Å². The zero-order chi connectivity index (χ0) is 14.1. The molecule has 0 radical (unpaired) electrons. The van der Waals surface area contributed by atoms with Gasteiger partial charge in [0.25, 0.3) is 0 Å². The topological polar surface area (TPSA) is 38.3 Å². The van der Waals surface area contributed by atoms with Crippen molar-refractivity contribution >= 4 is 5.91 Å². The lowest BCUT2D eigenvalue weighted by Crippen LogP contribution is -2.27. The van der Waals surface area contributed by atoms with E-state index in [1.54, 1.807) is 0 Å². The number of carbonyl (C=O) groups is 1. The molecule has 1 N–H and O–H groups in total. The molecule has 0 atom stereocenters. The second-order valence-electron chi connectivity index (χ2n) is 5.28. The zero-order valence-corrected chi connectivity index (χ0v) is 12.2. The highest BCUT2D eigenvalue weighted by Gasteiger charge is 2.04. The number of ether oxygens (including phenoxy) is 1. The predicted molar refractivity (Wildman–Crippen MR) is 78.2 cm³/mol. The monoisotopic (exact) mass is 263 g/mol. The number of nitrogens with one attached hydrogen (secondary N) is 1. The fourth-order valence-electron chi connectivity index (χ4n) is 1.76. The van der Waals surface area contributed by atoms with Crippen molar-refractivity contribution in [3.8, 4) is 0 Å². The van der Waals surface area contributed by atoms with Crippen LogP contribution in [0.5, 0.6) is 0 Å². The van der Waals surface area contributed by atoms with Gasteiger partial charge in [-0.05, 0) is 30.4 Å². The van der Waals surface area contributed by atoms with Gasteiger partial charge in [-0.3, -0.25) is 4.79 Å². The predicted octanol–water partition coefficient (Wildman–Crippen LogP) is 2.72. The van der Waals surface area contributed by atoms with E-state index in [0.717, 1.165) is 24.2 Å². The third-order valence-electron chi connectivity index (χ3n) is 2.85. The number of hydrogen-bond acceptors (Lipinski definition) is 2. The lowest BCUT2D eigenvalue weighted by molar-refractivity contribution is -0.120. The number of hydrogen-bond donors (Lipinski definition) is 1. The summed E-state index contributed by atoms with van der Waals surface area (Å²) in [5.74, 6) is 0.647. The Morgan fingerprint density at radius 2 is 2.05 bits per heavy atom. The molecule has 1 amide bonds. The maximum atomic E-state index is 11.8. The van der Waals surface area contributed by atoms with Crippen LogP contribution in [0.4, 0.5) is 0 Å². The molecule has 1 aromatic rings. The van der Waals surface area contributed by atoms with E-state index in [-0.39, 0.29) is 5.91 Å². The Kier molecular flexibility index (Phi) is 7.19. The normalized spacial score (nSPS) is 10.7. The smallest absolute Gasteiger partial charge is 0.224 e. The Morgan fingerprint density at radius 3 is 2.74 bits per heavy atom. The van der Waals surface area contributed by atoms with Crippen LogP contribution in [0.1, 0.15) is 31.4 Å². The van der Waals surface area contributed by atoms with Gasteiger partial charge in [-0.15, -0.1) is 0 Å². The first-order chi connectivity index (χ1) is 9.09. The fourth-order valence-corrected chi connectivity index (χ4v) is 1.76. The van der Waals surface area contributed by atoms with Crippen molar-refractivity contribution in [1.29, 1.82) is 0 Å². The van der Waals surface area contributed by atoms with E-state index in [9.17, 15) is 4.79 Å². The van der Waals surface area contributed by atoms with Crippen molar-refractivity contribution in [2.75, 3.05) is 19.8 Å². The Bertz CT molecular complexity index is 388. The van der Waals surface area contributed by atoms with E-state index in [2.05, 4.69) is 19.2 Å². The lowest BCUT2D eigenvalue weighted by Gasteiger charge is -2.08. The maximum absolute atomic E-state index is 11.8. The molecule has 1 aromatic carbocycles. The van der Waals surface area contributed by atoms with E-state index in [1.165, 1.54) is 0 Å². The van der Waals surface area contributed by atoms with Crippen molar-refractivity contribution < 1.29 is 9.53 Å². The first-order valence-corrected chi connectivity index (χ1v) is 6.98. The number of rotatable bonds is 8. The summed E-state index contributed by atoms with van der Waals surface area (Å²) < 4.78 is 5.46. The minimum atomic E-state index is 0.0816. The van der Waals surface area contributed by atoms with Gasteiger partial charge in [0.15, 0.2) is 0 Å². The van der Waals surface area contributed by atoms with Crippen LogP contribution in [0.3, 0.4) is 0 Å². The summed E-state index contributed by atoms with van der Waals surface area (Å²) in [4.78, 5) is 11.8. The van der Waals surface area contributed by atoms with Gasteiger partial charge in [0.05, 0.1) is 6.42 Å². The Morgan fingerprint density at radius 1 is 1.32 bits per heavy atom. The molecule has 106 valence electrons. The fraction of sp³-hybridized carbons (Fsp3) is 0.562. The molecule has 3 nitrogen and oxygen atoms in total. The molecule has 0 aromatic heterocycles. The molecule has 0 aliphatic rings. The standard InChI is InChI=1S/C16H25NO2/c1-13(2)12-19-10-6-9-17-16(18)11-15-8-5-4-7-14(15)3/h4-5,7-8,13H,6,9-12H2,1-3H3,(H,17,18). The molecule has 3 heteroatoms. The van der Waals surface area contributed by atoms with Crippen LogP contribution < -0.4 is 5.32 Å². The molecule has 19 heavy (non-hydrogen) atoms. The van der Waals surface area contributed by atoms with Crippen molar-refractivity contribution in [3.63, 3.8) is 0 Å². The first-order valence-electron chi connectivity index (χ1n) is 6.98. The highest BCUT2D eigenvalue weighted by molar-refractivity contribution is 5.78. The molecule has 0 aliphatic carbocycles. The van der Waals surface area contributed by atoms with Crippen molar-refractivity contribution in [3.05, 3.63) is 35.4 Å². The summed E-state index contributed by atoms with van der Waals surface area (Å²) in [5.41, 5.74) is 2.26. The van der Waals surface area contributed by atoms with E-state index in [1.807, 2.05) is 31.2 Å². The van der Waals surface area contributed by atoms with Gasteiger partial charge in [0.1, 0.15) is 0 Å². The molecule has 0 fully saturated rings. The SMILES string of the molecule is Cc1ccccc1CC(=O)NCCCOCC(C)C. The third-order valence-corrected chi connectivity index (χ3v) is 2.85. The third kappa shape index (κ3) is 6.97. The average molecular weight is 263 g/mol. The maximum Gasteiger partial charge on any atom is 0.224 e. The highest BCUT2D eigenvalue weighted by Crippen LogP contribution is 2.07. The molecular weight excluding hydrogens is 238 g/mol. The summed E-state index contributed by atoms with van der Waals surface area (Å²) in [6, 6.07) is 7.99. The van der Waals surface area contributed by atoms with Crippen molar-refractivity contribution in [1.82, 2.24) is 5.32 Å². The zero-order valence-electron chi connectivity index (χ0n) is 12.2. The van der Waals surface area contributed by atoms with Gasteiger partial charge < -0.3 is 10.1 Å². The Labute approximate surface area is 116 Å². The van der Waals surface area contributed by atoms with E-state index in [0.29, 0.717) is 25.5 Å². The Hall–Kier alpha value is -1.35. The van der Waals surface area contributed by atoms with Crippen LogP contribution in [0.25, 0.3) is 0 Å². The van der Waals surface area contributed by atoms with Gasteiger partial charge in [-0.2, -0.15) is 0 Å². The second-order valence-corrected chi connectivity index (χ2v) is 5.28. The quantitative estimate of drug-likeness (QED) is 0.732. The lowest BCUT2D eigenvalue weighted by atomic mass is 10.1. The van der Waals surface area contributed by atoms with Crippen LogP contribution in [0, 0.1) is 12.8 Å². The van der Waals surface area contributed by atoms with Crippen LogP contribution >= 0.6 is 0 Å². The average Bonchev–Trinajstić information content (AvgIpc) is 2.36. The van der Waals surface area contributed by atoms with Crippen molar-refractivity contribution in [2.45, 2.75) is 33.6 Å². The van der Waals surface area contributed by atoms with Gasteiger partial charge in [0, 0.05) is 19.8 Å². The van der Waals surface area contributed by atoms with E-state index in [4.69, 9.17) is 4.74 Å². The van der Waals surface area contributed by atoms with Gasteiger partial charge >= 0.3 is 0 Å². The molecule has 0 bridgehead atoms. The number of amides is 1. The van der Waals surface area contributed by atoms with E-state index < -0.39 is 0 Å². The summed E-state index contributed by atoms with van der Waals surface area (Å²) in [7, 11) is 0. The number of carbonyl (C=O) groups excluding carboxylic acids is 1. The number of benzene rings is 1. The largest absolute Gasteiger partial charge is 0.381 e. The molecule has 1 rings (SSSR count). The van der Waals surface area contributed by atoms with Gasteiger partial charge in [-0.1, -0.05) is 38.1 Å². The Balaban J connectivity index is 2.13. The summed E-state index contributed by atoms with van der Waals surface area (Å²) in [6.07, 6.45) is 1.33. The van der Waals surface area contributed by atoms with Crippen LogP contribution in [-0.2, 0) is 16.0 Å². The molecular formula is C16H25NO2. The first kappa shape index (κ1) is 15.7. The summed E-state index contributed by atoms with van der Waals surface area (Å²) in [5, 5.41) is 2.93. The molecule has 0 spiro atoms. The minimum absolute atomic E-state index is 0.0816. The van der Waals surface area contributed by atoms with Crippen LogP contribution in [-0.4, -0.2) is 25.7 Å². The molecule has 0 heterocycles. The highest BCUT2D eigenvalue weighted by atomic mass is 16.5. The summed E-state index contributed by atoms with van der Waals surface area (Å²) >= 11 is 0. The second kappa shape index (κ2) is 8.70. The van der Waals surface area contributed by atoms with Crippen LogP contribution in [0.2, 0.25) is 0 Å². The number of aryl methyl sites for hydroxylation is 1. The van der Waals surface area contributed by atoms with Crippen molar-refractivity contribution in [2.24, 2.45) is 5.92 Å².